The molecule has 1 saturated carbocycles. The third kappa shape index (κ3) is 3.83. The van der Waals surface area contributed by atoms with E-state index in [2.05, 4.69) is 34.9 Å². The first-order valence-corrected chi connectivity index (χ1v) is 7.87. The van der Waals surface area contributed by atoms with Gasteiger partial charge in [0.2, 0.25) is 5.91 Å². The van der Waals surface area contributed by atoms with Crippen molar-refractivity contribution in [3.63, 3.8) is 0 Å². The van der Waals surface area contributed by atoms with Gasteiger partial charge in [-0.05, 0) is 61.7 Å². The normalized spacial score (nSPS) is 19.8. The lowest BCUT2D eigenvalue weighted by atomic mass is 9.98. The smallest absolute Gasteiger partial charge is 0.224 e. The van der Waals surface area contributed by atoms with Crippen LogP contribution in [-0.2, 0) is 11.2 Å². The van der Waals surface area contributed by atoms with E-state index in [1.165, 1.54) is 31.2 Å². The fourth-order valence-corrected chi connectivity index (χ4v) is 2.92. The Morgan fingerprint density at radius 1 is 1.10 bits per heavy atom. The van der Waals surface area contributed by atoms with Crippen molar-refractivity contribution < 1.29 is 4.79 Å². The molecule has 3 rings (SSSR count). The molecule has 0 unspecified atom stereocenters. The SMILES string of the molecule is O=C(Cc1ccc(C2CC2)cc1)NCC1CCNCC1. The average molecular weight is 272 g/mol. The largest absolute Gasteiger partial charge is 0.356 e. The van der Waals surface area contributed by atoms with Crippen LogP contribution in [0.15, 0.2) is 24.3 Å². The van der Waals surface area contributed by atoms with Crippen LogP contribution < -0.4 is 10.6 Å². The molecule has 1 aromatic carbocycles. The predicted octanol–water partition coefficient (Wildman–Crippen LogP) is 2.22. The van der Waals surface area contributed by atoms with Crippen LogP contribution in [-0.4, -0.2) is 25.5 Å². The molecule has 3 heteroatoms. The van der Waals surface area contributed by atoms with Gasteiger partial charge >= 0.3 is 0 Å². The molecule has 2 aliphatic rings. The zero-order valence-electron chi connectivity index (χ0n) is 12.0. The van der Waals surface area contributed by atoms with E-state index in [-0.39, 0.29) is 5.91 Å². The van der Waals surface area contributed by atoms with Crippen molar-refractivity contribution >= 4 is 5.91 Å². The summed E-state index contributed by atoms with van der Waals surface area (Å²) in [6, 6.07) is 8.59. The number of nitrogens with one attached hydrogen (secondary N) is 2. The highest BCUT2D eigenvalue weighted by Crippen LogP contribution is 2.39. The number of carbonyl (C=O) groups excluding carboxylic acids is 1. The highest BCUT2D eigenvalue weighted by molar-refractivity contribution is 5.78. The van der Waals surface area contributed by atoms with Crippen molar-refractivity contribution in [2.75, 3.05) is 19.6 Å². The lowest BCUT2D eigenvalue weighted by Gasteiger charge is -2.22. The lowest BCUT2D eigenvalue weighted by Crippen LogP contribution is -2.36. The highest BCUT2D eigenvalue weighted by Gasteiger charge is 2.23. The van der Waals surface area contributed by atoms with Crippen molar-refractivity contribution in [3.05, 3.63) is 35.4 Å². The van der Waals surface area contributed by atoms with E-state index in [0.29, 0.717) is 12.3 Å². The number of hydrogen-bond donors (Lipinski definition) is 2. The molecule has 3 nitrogen and oxygen atoms in total. The fraction of sp³-hybridized carbons (Fsp3) is 0.588. The summed E-state index contributed by atoms with van der Waals surface area (Å²) in [5.74, 6) is 1.60. The summed E-state index contributed by atoms with van der Waals surface area (Å²) in [5, 5.41) is 6.43. The summed E-state index contributed by atoms with van der Waals surface area (Å²) in [6.07, 6.45) is 5.52. The van der Waals surface area contributed by atoms with Gasteiger partial charge in [0.25, 0.3) is 0 Å². The van der Waals surface area contributed by atoms with Crippen LogP contribution in [0.3, 0.4) is 0 Å². The summed E-state index contributed by atoms with van der Waals surface area (Å²) in [6.45, 7) is 3.01. The van der Waals surface area contributed by atoms with Crippen LogP contribution in [0.25, 0.3) is 0 Å². The van der Waals surface area contributed by atoms with E-state index in [1.807, 2.05) is 0 Å². The second-order valence-corrected chi connectivity index (χ2v) is 6.19. The maximum Gasteiger partial charge on any atom is 0.224 e. The minimum absolute atomic E-state index is 0.155. The van der Waals surface area contributed by atoms with E-state index in [9.17, 15) is 4.79 Å². The Morgan fingerprint density at radius 2 is 1.80 bits per heavy atom. The number of benzene rings is 1. The lowest BCUT2D eigenvalue weighted by molar-refractivity contribution is -0.120. The molecule has 2 fully saturated rings. The van der Waals surface area contributed by atoms with Gasteiger partial charge in [-0.25, -0.2) is 0 Å². The molecular weight excluding hydrogens is 248 g/mol. The Bertz CT molecular complexity index is 445. The van der Waals surface area contributed by atoms with E-state index in [0.717, 1.165) is 31.1 Å². The summed E-state index contributed by atoms with van der Waals surface area (Å²) in [4.78, 5) is 12.0. The first-order chi connectivity index (χ1) is 9.81. The van der Waals surface area contributed by atoms with Gasteiger partial charge in [0.1, 0.15) is 0 Å². The van der Waals surface area contributed by atoms with Crippen LogP contribution in [0, 0.1) is 5.92 Å². The summed E-state index contributed by atoms with van der Waals surface area (Å²) < 4.78 is 0. The minimum Gasteiger partial charge on any atom is -0.356 e. The molecule has 0 spiro atoms. The zero-order chi connectivity index (χ0) is 13.8. The first-order valence-electron chi connectivity index (χ1n) is 7.87. The molecule has 1 amide bonds. The van der Waals surface area contributed by atoms with Crippen LogP contribution in [0.5, 0.6) is 0 Å². The van der Waals surface area contributed by atoms with Gasteiger partial charge in [-0.1, -0.05) is 24.3 Å². The van der Waals surface area contributed by atoms with Crippen molar-refractivity contribution in [1.82, 2.24) is 10.6 Å². The Hall–Kier alpha value is -1.35. The molecule has 2 N–H and O–H groups in total. The summed E-state index contributed by atoms with van der Waals surface area (Å²) in [7, 11) is 0. The highest BCUT2D eigenvalue weighted by atomic mass is 16.1. The van der Waals surface area contributed by atoms with Gasteiger partial charge in [0, 0.05) is 6.54 Å². The topological polar surface area (TPSA) is 41.1 Å². The molecule has 0 radical (unpaired) electrons. The van der Waals surface area contributed by atoms with Gasteiger partial charge in [-0.3, -0.25) is 4.79 Å². The summed E-state index contributed by atoms with van der Waals surface area (Å²) >= 11 is 0. The molecular formula is C17H24N2O. The van der Waals surface area contributed by atoms with E-state index >= 15 is 0 Å². The number of piperidine rings is 1. The van der Waals surface area contributed by atoms with Gasteiger partial charge in [-0.2, -0.15) is 0 Å². The van der Waals surface area contributed by atoms with Gasteiger partial charge in [-0.15, -0.1) is 0 Å². The number of carbonyl (C=O) groups is 1. The van der Waals surface area contributed by atoms with Crippen molar-refractivity contribution in [3.8, 4) is 0 Å². The Morgan fingerprint density at radius 3 is 2.45 bits per heavy atom. The van der Waals surface area contributed by atoms with Crippen molar-refractivity contribution in [2.45, 2.75) is 38.0 Å². The van der Waals surface area contributed by atoms with Gasteiger partial charge in [0.15, 0.2) is 0 Å². The number of amides is 1. The third-order valence-electron chi connectivity index (χ3n) is 4.44. The van der Waals surface area contributed by atoms with Gasteiger partial charge < -0.3 is 10.6 Å². The molecule has 0 aromatic heterocycles. The Labute approximate surface area is 121 Å². The second kappa shape index (κ2) is 6.40. The monoisotopic (exact) mass is 272 g/mol. The minimum atomic E-state index is 0.155. The predicted molar refractivity (Wildman–Crippen MR) is 80.7 cm³/mol. The molecule has 1 saturated heterocycles. The third-order valence-corrected chi connectivity index (χ3v) is 4.44. The van der Waals surface area contributed by atoms with E-state index < -0.39 is 0 Å². The van der Waals surface area contributed by atoms with E-state index in [4.69, 9.17) is 0 Å². The van der Waals surface area contributed by atoms with Crippen LogP contribution in [0.4, 0.5) is 0 Å². The van der Waals surface area contributed by atoms with Crippen LogP contribution in [0.1, 0.15) is 42.7 Å². The molecule has 108 valence electrons. The first kappa shape index (κ1) is 13.6. The van der Waals surface area contributed by atoms with Gasteiger partial charge in [0.05, 0.1) is 6.42 Å². The number of rotatable bonds is 5. The Kier molecular flexibility index (Phi) is 4.36. The molecule has 0 atom stereocenters. The van der Waals surface area contributed by atoms with Crippen LogP contribution in [0.2, 0.25) is 0 Å². The second-order valence-electron chi connectivity index (χ2n) is 6.19. The average Bonchev–Trinajstić information content (AvgIpc) is 3.32. The summed E-state index contributed by atoms with van der Waals surface area (Å²) in [5.41, 5.74) is 2.56. The molecule has 0 bridgehead atoms. The zero-order valence-corrected chi connectivity index (χ0v) is 12.0. The van der Waals surface area contributed by atoms with Crippen molar-refractivity contribution in [2.24, 2.45) is 5.92 Å². The molecule has 1 aromatic rings. The number of hydrogen-bond acceptors (Lipinski definition) is 2. The quantitative estimate of drug-likeness (QED) is 0.863. The standard InChI is InChI=1S/C17H24N2O/c20-17(19-12-14-7-9-18-10-8-14)11-13-1-3-15(4-2-13)16-5-6-16/h1-4,14,16,18H,5-12H2,(H,19,20). The van der Waals surface area contributed by atoms with Crippen molar-refractivity contribution in [1.29, 1.82) is 0 Å². The molecule has 1 aliphatic heterocycles. The fourth-order valence-electron chi connectivity index (χ4n) is 2.92. The van der Waals surface area contributed by atoms with E-state index in [1.54, 1.807) is 0 Å². The molecule has 20 heavy (non-hydrogen) atoms. The maximum atomic E-state index is 12.0. The Balaban J connectivity index is 1.43. The molecule has 1 aliphatic carbocycles. The van der Waals surface area contributed by atoms with Crippen LogP contribution >= 0.6 is 0 Å². The molecule has 1 heterocycles. The maximum absolute atomic E-state index is 12.0.